The molecule has 1 aliphatic heterocycles. The Hall–Kier alpha value is -0.860. The van der Waals surface area contributed by atoms with Crippen LogP contribution in [0.3, 0.4) is 0 Å². The topological polar surface area (TPSA) is 24.1 Å². The zero-order valence-corrected chi connectivity index (χ0v) is 11.4. The molecule has 0 spiro atoms. The molecule has 2 N–H and O–H groups in total. The Bertz CT molecular complexity index is 416. The highest BCUT2D eigenvalue weighted by Crippen LogP contribution is 2.35. The molecule has 1 saturated carbocycles. The molecule has 18 heavy (non-hydrogen) atoms. The second-order valence-electron chi connectivity index (χ2n) is 5.82. The molecule has 1 aromatic carbocycles. The Morgan fingerprint density at radius 1 is 1.33 bits per heavy atom. The maximum atomic E-state index is 3.83. The van der Waals surface area contributed by atoms with E-state index in [2.05, 4.69) is 35.8 Å². The minimum Gasteiger partial charge on any atom is -0.312 e. The maximum Gasteiger partial charge on any atom is 0.0213 e. The van der Waals surface area contributed by atoms with Crippen molar-refractivity contribution in [2.75, 3.05) is 6.54 Å². The predicted molar refractivity (Wildman–Crippen MR) is 75.6 cm³/mol. The van der Waals surface area contributed by atoms with Crippen LogP contribution >= 0.6 is 0 Å². The number of nitrogens with one attached hydrogen (secondary N) is 2. The van der Waals surface area contributed by atoms with E-state index in [1.165, 1.54) is 43.2 Å². The highest BCUT2D eigenvalue weighted by Gasteiger charge is 2.34. The van der Waals surface area contributed by atoms with Crippen LogP contribution in [-0.2, 0) is 19.5 Å². The summed E-state index contributed by atoms with van der Waals surface area (Å²) in [6.45, 7) is 5.54. The lowest BCUT2D eigenvalue weighted by Crippen LogP contribution is -2.50. The molecule has 98 valence electrons. The molecule has 0 atom stereocenters. The van der Waals surface area contributed by atoms with E-state index >= 15 is 0 Å². The second kappa shape index (κ2) is 5.02. The minimum absolute atomic E-state index is 0.454. The van der Waals surface area contributed by atoms with Gasteiger partial charge in [0.25, 0.3) is 0 Å². The number of benzene rings is 1. The lowest BCUT2D eigenvalue weighted by Gasteiger charge is -2.42. The second-order valence-corrected chi connectivity index (χ2v) is 5.82. The number of fused-ring (bicyclic) bond motifs is 1. The summed E-state index contributed by atoms with van der Waals surface area (Å²) in [5.74, 6) is 0. The van der Waals surface area contributed by atoms with Crippen molar-refractivity contribution in [3.63, 3.8) is 0 Å². The third-order valence-electron chi connectivity index (χ3n) is 4.88. The average molecular weight is 244 g/mol. The van der Waals surface area contributed by atoms with Crippen LogP contribution in [-0.4, -0.2) is 12.1 Å². The van der Waals surface area contributed by atoms with Gasteiger partial charge in [0.05, 0.1) is 0 Å². The van der Waals surface area contributed by atoms with Gasteiger partial charge in [0.15, 0.2) is 0 Å². The molecule has 1 aromatic rings. The van der Waals surface area contributed by atoms with Crippen molar-refractivity contribution in [1.29, 1.82) is 0 Å². The molecule has 0 bridgehead atoms. The summed E-state index contributed by atoms with van der Waals surface area (Å²) in [4.78, 5) is 0. The van der Waals surface area contributed by atoms with Crippen molar-refractivity contribution >= 4 is 0 Å². The molecule has 0 radical (unpaired) electrons. The monoisotopic (exact) mass is 244 g/mol. The Balaban J connectivity index is 1.72. The van der Waals surface area contributed by atoms with Gasteiger partial charge in [-0.2, -0.15) is 0 Å². The first-order chi connectivity index (χ1) is 8.83. The van der Waals surface area contributed by atoms with Crippen LogP contribution in [0, 0.1) is 0 Å². The summed E-state index contributed by atoms with van der Waals surface area (Å²) in [5.41, 5.74) is 5.07. The zero-order valence-electron chi connectivity index (χ0n) is 11.4. The molecule has 0 saturated heterocycles. The van der Waals surface area contributed by atoms with Gasteiger partial charge in [-0.1, -0.05) is 25.1 Å². The van der Waals surface area contributed by atoms with E-state index in [0.29, 0.717) is 5.54 Å². The molecule has 0 aromatic heterocycles. The van der Waals surface area contributed by atoms with Gasteiger partial charge >= 0.3 is 0 Å². The number of hydrogen-bond acceptors (Lipinski definition) is 2. The van der Waals surface area contributed by atoms with E-state index in [-0.39, 0.29) is 0 Å². The largest absolute Gasteiger partial charge is 0.312 e. The summed E-state index contributed by atoms with van der Waals surface area (Å²) in [6.07, 6.45) is 6.58. The Morgan fingerprint density at radius 3 is 2.94 bits per heavy atom. The predicted octanol–water partition coefficient (Wildman–Crippen LogP) is 2.75. The van der Waals surface area contributed by atoms with Crippen LogP contribution < -0.4 is 10.6 Å². The highest BCUT2D eigenvalue weighted by atomic mass is 15.0. The van der Waals surface area contributed by atoms with Crippen molar-refractivity contribution in [3.05, 3.63) is 34.9 Å². The first kappa shape index (κ1) is 12.2. The number of hydrogen-bond donors (Lipinski definition) is 2. The first-order valence-electron chi connectivity index (χ1n) is 7.38. The van der Waals surface area contributed by atoms with E-state index in [1.54, 1.807) is 5.56 Å². The molecular weight excluding hydrogens is 220 g/mol. The van der Waals surface area contributed by atoms with E-state index in [0.717, 1.165) is 19.6 Å². The van der Waals surface area contributed by atoms with Crippen LogP contribution in [0.5, 0.6) is 0 Å². The summed E-state index contributed by atoms with van der Waals surface area (Å²) >= 11 is 0. The van der Waals surface area contributed by atoms with Crippen LogP contribution in [0.4, 0.5) is 0 Å². The third kappa shape index (κ3) is 2.19. The summed E-state index contributed by atoms with van der Waals surface area (Å²) in [6, 6.07) is 6.78. The van der Waals surface area contributed by atoms with Gasteiger partial charge < -0.3 is 10.6 Å². The first-order valence-corrected chi connectivity index (χ1v) is 7.38. The molecule has 2 nitrogen and oxygen atoms in total. The third-order valence-corrected chi connectivity index (χ3v) is 4.88. The normalized spacial score (nSPS) is 21.2. The fourth-order valence-electron chi connectivity index (χ4n) is 3.32. The lowest BCUT2D eigenvalue weighted by molar-refractivity contribution is 0.175. The summed E-state index contributed by atoms with van der Waals surface area (Å²) in [5, 5.41) is 7.28. The Kier molecular flexibility index (Phi) is 3.40. The Labute approximate surface area is 110 Å². The smallest absolute Gasteiger partial charge is 0.0213 e. The van der Waals surface area contributed by atoms with Gasteiger partial charge in [0.1, 0.15) is 0 Å². The van der Waals surface area contributed by atoms with E-state index in [9.17, 15) is 0 Å². The maximum absolute atomic E-state index is 3.83. The molecule has 0 unspecified atom stereocenters. The fourth-order valence-corrected chi connectivity index (χ4v) is 3.32. The van der Waals surface area contributed by atoms with Crippen LogP contribution in [0.1, 0.15) is 49.3 Å². The molecule has 2 aliphatic rings. The minimum atomic E-state index is 0.454. The van der Waals surface area contributed by atoms with Crippen molar-refractivity contribution in [1.82, 2.24) is 10.6 Å². The van der Waals surface area contributed by atoms with Crippen LogP contribution in [0.2, 0.25) is 0 Å². The van der Waals surface area contributed by atoms with Gasteiger partial charge in [-0.15, -0.1) is 0 Å². The van der Waals surface area contributed by atoms with Gasteiger partial charge in [-0.3, -0.25) is 0 Å². The van der Waals surface area contributed by atoms with Crippen molar-refractivity contribution in [2.24, 2.45) is 0 Å². The summed E-state index contributed by atoms with van der Waals surface area (Å²) < 4.78 is 0. The molecular formula is C16H24N2. The molecule has 1 aliphatic carbocycles. The average Bonchev–Trinajstić information content (AvgIpc) is 2.38. The van der Waals surface area contributed by atoms with E-state index in [1.807, 2.05) is 0 Å². The number of rotatable bonds is 4. The standard InChI is InChI=1S/C16H24N2/c1-2-16(8-4-9-16)18-12-14-6-3-5-13-11-17-10-7-15(13)14/h3,5-6,17-18H,2,4,7-12H2,1H3. The lowest BCUT2D eigenvalue weighted by atomic mass is 9.74. The van der Waals surface area contributed by atoms with Gasteiger partial charge in [0.2, 0.25) is 0 Å². The molecule has 1 fully saturated rings. The molecule has 2 heteroatoms. The molecule has 3 rings (SSSR count). The molecule has 0 amide bonds. The van der Waals surface area contributed by atoms with Crippen molar-refractivity contribution in [3.8, 4) is 0 Å². The quantitative estimate of drug-likeness (QED) is 0.851. The van der Waals surface area contributed by atoms with Crippen LogP contribution in [0.25, 0.3) is 0 Å². The van der Waals surface area contributed by atoms with Gasteiger partial charge in [-0.25, -0.2) is 0 Å². The van der Waals surface area contributed by atoms with Gasteiger partial charge in [0, 0.05) is 18.6 Å². The summed E-state index contributed by atoms with van der Waals surface area (Å²) in [7, 11) is 0. The fraction of sp³-hybridized carbons (Fsp3) is 0.625. The van der Waals surface area contributed by atoms with E-state index in [4.69, 9.17) is 0 Å². The van der Waals surface area contributed by atoms with Gasteiger partial charge in [-0.05, 0) is 55.3 Å². The SMILES string of the molecule is CCC1(NCc2cccc3c2CCNC3)CCC1. The van der Waals surface area contributed by atoms with Crippen molar-refractivity contribution < 1.29 is 0 Å². The Morgan fingerprint density at radius 2 is 2.22 bits per heavy atom. The highest BCUT2D eigenvalue weighted by molar-refractivity contribution is 5.37. The van der Waals surface area contributed by atoms with Crippen molar-refractivity contribution in [2.45, 2.75) is 57.7 Å². The molecule has 1 heterocycles. The zero-order chi connectivity index (χ0) is 12.4. The van der Waals surface area contributed by atoms with Crippen LogP contribution in [0.15, 0.2) is 18.2 Å². The van der Waals surface area contributed by atoms with E-state index < -0.39 is 0 Å².